The molecule has 2 aromatic heterocycles. The highest BCUT2D eigenvalue weighted by Crippen LogP contribution is 2.27. The van der Waals surface area contributed by atoms with Crippen molar-refractivity contribution in [2.24, 2.45) is 0 Å². The number of nitrogens with one attached hydrogen (secondary N) is 1. The normalized spacial score (nSPS) is 15.9. The van der Waals surface area contributed by atoms with Gasteiger partial charge >= 0.3 is 0 Å². The van der Waals surface area contributed by atoms with Gasteiger partial charge in [0.1, 0.15) is 16.9 Å². The monoisotopic (exact) mass is 447 g/mol. The van der Waals surface area contributed by atoms with E-state index in [0.717, 1.165) is 29.1 Å². The first kappa shape index (κ1) is 20.5. The van der Waals surface area contributed by atoms with Crippen LogP contribution in [-0.4, -0.2) is 33.4 Å². The maximum atomic E-state index is 13.6. The molecule has 1 N–H and O–H groups in total. The minimum absolute atomic E-state index is 0.0581. The van der Waals surface area contributed by atoms with Crippen molar-refractivity contribution in [3.05, 3.63) is 71.1 Å². The van der Waals surface area contributed by atoms with Crippen molar-refractivity contribution < 1.29 is 9.18 Å². The predicted molar refractivity (Wildman–Crippen MR) is 124 cm³/mol. The molecule has 6 nitrogen and oxygen atoms in total. The minimum atomic E-state index is -0.334. The van der Waals surface area contributed by atoms with Crippen LogP contribution in [0.1, 0.15) is 24.2 Å². The number of anilines is 1. The maximum absolute atomic E-state index is 13.6. The molecule has 1 fully saturated rings. The van der Waals surface area contributed by atoms with E-state index in [-0.39, 0.29) is 17.8 Å². The fourth-order valence-corrected chi connectivity index (χ4v) is 4.87. The molecule has 1 atom stereocenters. The number of benzene rings is 2. The van der Waals surface area contributed by atoms with Gasteiger partial charge in [-0.25, -0.2) is 19.3 Å². The van der Waals surface area contributed by atoms with Gasteiger partial charge < -0.3 is 10.2 Å². The second-order valence-corrected chi connectivity index (χ2v) is 8.71. The Labute approximate surface area is 189 Å². The molecule has 4 aromatic rings. The lowest BCUT2D eigenvalue weighted by Crippen LogP contribution is -2.43. The quantitative estimate of drug-likeness (QED) is 0.488. The third-order valence-electron chi connectivity index (χ3n) is 5.67. The number of carbonyl (C=O) groups excluding carboxylic acids is 1. The number of nitrogens with zero attached hydrogens (tertiary/aromatic N) is 4. The molecule has 0 unspecified atom stereocenters. The van der Waals surface area contributed by atoms with Crippen LogP contribution in [0, 0.1) is 12.7 Å². The molecule has 1 saturated heterocycles. The first-order valence-electron chi connectivity index (χ1n) is 10.6. The second-order valence-electron chi connectivity index (χ2n) is 7.85. The number of aromatic nitrogens is 3. The number of hydrogen-bond acceptors (Lipinski definition) is 6. The maximum Gasteiger partial charge on any atom is 0.243 e. The molecule has 162 valence electrons. The van der Waals surface area contributed by atoms with Crippen LogP contribution in [0.3, 0.4) is 0 Å². The second kappa shape index (κ2) is 8.63. The van der Waals surface area contributed by atoms with Gasteiger partial charge in [-0.1, -0.05) is 30.3 Å². The summed E-state index contributed by atoms with van der Waals surface area (Å²) >= 11 is 1.57. The molecule has 0 radical (unpaired) electrons. The number of halogens is 1. The molecule has 5 rings (SSSR count). The number of amides is 1. The van der Waals surface area contributed by atoms with Crippen LogP contribution in [0.5, 0.6) is 0 Å². The third kappa shape index (κ3) is 4.05. The zero-order chi connectivity index (χ0) is 22.1. The van der Waals surface area contributed by atoms with E-state index in [1.165, 1.54) is 12.1 Å². The summed E-state index contributed by atoms with van der Waals surface area (Å²) in [5.41, 5.74) is 3.29. The van der Waals surface area contributed by atoms with E-state index in [4.69, 9.17) is 0 Å². The van der Waals surface area contributed by atoms with Gasteiger partial charge in [-0.05, 0) is 38.0 Å². The van der Waals surface area contributed by atoms with Gasteiger partial charge in [-0.2, -0.15) is 0 Å². The van der Waals surface area contributed by atoms with Crippen molar-refractivity contribution in [3.8, 4) is 10.6 Å². The van der Waals surface area contributed by atoms with E-state index in [1.54, 1.807) is 17.4 Å². The van der Waals surface area contributed by atoms with E-state index in [9.17, 15) is 9.18 Å². The molecular formula is C24H22FN5OS. The highest BCUT2D eigenvalue weighted by molar-refractivity contribution is 7.13. The largest absolute Gasteiger partial charge is 0.349 e. The zero-order valence-electron chi connectivity index (χ0n) is 17.6. The van der Waals surface area contributed by atoms with Gasteiger partial charge in [0.2, 0.25) is 11.9 Å². The summed E-state index contributed by atoms with van der Waals surface area (Å²) in [4.78, 5) is 28.8. The molecule has 0 spiro atoms. The Hall–Kier alpha value is -3.39. The fourth-order valence-electron chi connectivity index (χ4n) is 4.04. The Morgan fingerprint density at radius 2 is 2.03 bits per heavy atom. The first-order chi connectivity index (χ1) is 15.6. The molecule has 2 aromatic carbocycles. The first-order valence-corrected chi connectivity index (χ1v) is 11.4. The van der Waals surface area contributed by atoms with Gasteiger partial charge in [0.25, 0.3) is 0 Å². The summed E-state index contributed by atoms with van der Waals surface area (Å²) in [7, 11) is 0. The zero-order valence-corrected chi connectivity index (χ0v) is 18.4. The predicted octanol–water partition coefficient (Wildman–Crippen LogP) is 4.49. The lowest BCUT2D eigenvalue weighted by Gasteiger charge is -2.24. The van der Waals surface area contributed by atoms with Crippen LogP contribution < -0.4 is 10.2 Å². The van der Waals surface area contributed by atoms with E-state index in [1.807, 2.05) is 47.5 Å². The summed E-state index contributed by atoms with van der Waals surface area (Å²) in [6, 6.07) is 14.2. The number of fused-ring (bicyclic) bond motifs is 1. The minimum Gasteiger partial charge on any atom is -0.349 e. The summed E-state index contributed by atoms with van der Waals surface area (Å²) in [5.74, 6) is 0.143. The average molecular weight is 448 g/mol. The molecule has 0 saturated carbocycles. The van der Waals surface area contributed by atoms with Crippen LogP contribution in [0.2, 0.25) is 0 Å². The Morgan fingerprint density at radius 3 is 2.88 bits per heavy atom. The van der Waals surface area contributed by atoms with E-state index in [2.05, 4.69) is 20.3 Å². The Kier molecular flexibility index (Phi) is 5.53. The summed E-state index contributed by atoms with van der Waals surface area (Å²) in [6.45, 7) is 2.92. The lowest BCUT2D eigenvalue weighted by atomic mass is 10.2. The van der Waals surface area contributed by atoms with Crippen molar-refractivity contribution in [2.75, 3.05) is 11.4 Å². The molecule has 0 bridgehead atoms. The van der Waals surface area contributed by atoms with Crippen molar-refractivity contribution in [2.45, 2.75) is 32.4 Å². The van der Waals surface area contributed by atoms with Gasteiger partial charge in [-0.15, -0.1) is 11.3 Å². The lowest BCUT2D eigenvalue weighted by molar-refractivity contribution is -0.122. The summed E-state index contributed by atoms with van der Waals surface area (Å²) in [6.07, 6.45) is 1.62. The molecule has 0 aliphatic carbocycles. The number of aryl methyl sites for hydroxylation is 1. The van der Waals surface area contributed by atoms with Crippen LogP contribution in [-0.2, 0) is 11.3 Å². The summed E-state index contributed by atoms with van der Waals surface area (Å²) in [5, 5.41) is 6.62. The van der Waals surface area contributed by atoms with Gasteiger partial charge in [0, 0.05) is 22.9 Å². The molecule has 1 amide bonds. The Bertz CT molecular complexity index is 1280. The van der Waals surface area contributed by atoms with Gasteiger partial charge in [0.05, 0.1) is 23.4 Å². The molecule has 8 heteroatoms. The van der Waals surface area contributed by atoms with Crippen LogP contribution in [0.4, 0.5) is 10.3 Å². The van der Waals surface area contributed by atoms with E-state index >= 15 is 0 Å². The molecular weight excluding hydrogens is 425 g/mol. The van der Waals surface area contributed by atoms with Crippen LogP contribution >= 0.6 is 11.3 Å². The number of rotatable bonds is 5. The highest BCUT2D eigenvalue weighted by Gasteiger charge is 2.32. The number of carbonyl (C=O) groups is 1. The molecule has 32 heavy (non-hydrogen) atoms. The topological polar surface area (TPSA) is 71.0 Å². The third-order valence-corrected chi connectivity index (χ3v) is 6.61. The highest BCUT2D eigenvalue weighted by atomic mass is 32.1. The average Bonchev–Trinajstić information content (AvgIpc) is 3.48. The van der Waals surface area contributed by atoms with Gasteiger partial charge in [0.15, 0.2) is 0 Å². The molecule has 3 heterocycles. The van der Waals surface area contributed by atoms with E-state index < -0.39 is 0 Å². The SMILES string of the molecule is Cc1nc(N2CCC[C@H]2C(=O)NCc2csc(-c3ccccc3)n2)nc2ccc(F)cc12. The summed E-state index contributed by atoms with van der Waals surface area (Å²) < 4.78 is 13.6. The van der Waals surface area contributed by atoms with Crippen LogP contribution in [0.25, 0.3) is 21.5 Å². The van der Waals surface area contributed by atoms with Crippen molar-refractivity contribution in [3.63, 3.8) is 0 Å². The number of thiazole rings is 1. The molecule has 1 aliphatic heterocycles. The fraction of sp³-hybridized carbons (Fsp3) is 0.250. The Morgan fingerprint density at radius 1 is 1.19 bits per heavy atom. The Balaban J connectivity index is 1.30. The smallest absolute Gasteiger partial charge is 0.243 e. The molecule has 1 aliphatic rings. The number of hydrogen-bond donors (Lipinski definition) is 1. The standard InChI is InChI=1S/C24H22FN5OS/c1-15-19-12-17(25)9-10-20(19)29-24(27-15)30-11-5-8-21(30)22(31)26-13-18-14-32-23(28-18)16-6-3-2-4-7-16/h2-4,6-7,9-10,12,14,21H,5,8,11,13H2,1H3,(H,26,31)/t21-/m0/s1. The van der Waals surface area contributed by atoms with Crippen molar-refractivity contribution in [1.29, 1.82) is 0 Å². The van der Waals surface area contributed by atoms with Gasteiger partial charge in [-0.3, -0.25) is 4.79 Å². The van der Waals surface area contributed by atoms with Crippen LogP contribution in [0.15, 0.2) is 53.9 Å². The van der Waals surface area contributed by atoms with E-state index in [0.29, 0.717) is 35.6 Å². The van der Waals surface area contributed by atoms with Crippen molar-refractivity contribution in [1.82, 2.24) is 20.3 Å². The van der Waals surface area contributed by atoms with Crippen molar-refractivity contribution >= 4 is 34.1 Å².